The van der Waals surface area contributed by atoms with E-state index < -0.39 is 12.1 Å². The van der Waals surface area contributed by atoms with Gasteiger partial charge in [0.15, 0.2) is 0 Å². The lowest BCUT2D eigenvalue weighted by Crippen LogP contribution is -2.31. The number of halogens is 4. The highest BCUT2D eigenvalue weighted by molar-refractivity contribution is 6.31. The number of nitrogens with one attached hydrogen (secondary N) is 2. The van der Waals surface area contributed by atoms with Gasteiger partial charge in [0, 0.05) is 46.7 Å². The number of aliphatic carboxylic acids is 1. The van der Waals surface area contributed by atoms with Crippen LogP contribution in [-0.4, -0.2) is 39.7 Å². The normalized spacial score (nSPS) is 13.0. The minimum atomic E-state index is -5.08. The molecule has 0 saturated carbocycles. The lowest BCUT2D eigenvalue weighted by atomic mass is 10.0. The van der Waals surface area contributed by atoms with Crippen molar-refractivity contribution in [1.82, 2.24) is 15.3 Å². The van der Waals surface area contributed by atoms with Gasteiger partial charge < -0.3 is 15.4 Å². The molecule has 2 aromatic heterocycles. The van der Waals surface area contributed by atoms with E-state index in [1.807, 2.05) is 43.3 Å². The van der Waals surface area contributed by atoms with Crippen molar-refractivity contribution in [1.29, 1.82) is 0 Å². The van der Waals surface area contributed by atoms with Crippen LogP contribution in [0.25, 0.3) is 22.5 Å². The molecule has 31 heavy (non-hydrogen) atoms. The second kappa shape index (κ2) is 8.81. The van der Waals surface area contributed by atoms with E-state index in [0.29, 0.717) is 6.54 Å². The standard InChI is InChI=1S/C19H16ClN3O.C2HF3O2/c1-11-8-12(2-3-15(11)20)17-9-13(4-6-21-17)18-10-14-16(23-18)5-7-22-19(14)24;3-2(4,5)1(6)7/h2-4,6,8-10,23H,5,7H2,1H3,(H,22,24);(H,6,7). The molecule has 3 N–H and O–H groups in total. The quantitative estimate of drug-likeness (QED) is 0.529. The number of carbonyl (C=O) groups is 2. The third kappa shape index (κ3) is 5.24. The molecule has 162 valence electrons. The van der Waals surface area contributed by atoms with Crippen molar-refractivity contribution < 1.29 is 27.9 Å². The maximum Gasteiger partial charge on any atom is 0.490 e. The van der Waals surface area contributed by atoms with Crippen LogP contribution in [0.4, 0.5) is 13.2 Å². The van der Waals surface area contributed by atoms with E-state index in [0.717, 1.165) is 50.8 Å². The van der Waals surface area contributed by atoms with Crippen LogP contribution in [0.15, 0.2) is 42.6 Å². The van der Waals surface area contributed by atoms with Gasteiger partial charge >= 0.3 is 12.1 Å². The van der Waals surface area contributed by atoms with Crippen LogP contribution in [0, 0.1) is 6.92 Å². The first-order chi connectivity index (χ1) is 14.6. The SMILES string of the molecule is Cc1cc(-c2cc(-c3cc4c([nH]3)CCNC4=O)ccn2)ccc1Cl.O=C(O)C(F)(F)F. The van der Waals surface area contributed by atoms with E-state index in [1.165, 1.54) is 0 Å². The number of aryl methyl sites for hydroxylation is 1. The third-order valence-electron chi connectivity index (χ3n) is 4.57. The predicted molar refractivity (Wildman–Crippen MR) is 109 cm³/mol. The minimum absolute atomic E-state index is 0.0126. The molecular weight excluding hydrogens is 435 g/mol. The fourth-order valence-corrected chi connectivity index (χ4v) is 3.13. The monoisotopic (exact) mass is 451 g/mol. The second-order valence-electron chi connectivity index (χ2n) is 6.78. The molecule has 0 fully saturated rings. The van der Waals surface area contributed by atoms with Gasteiger partial charge in [0.05, 0.1) is 11.3 Å². The maximum atomic E-state index is 11.9. The van der Waals surface area contributed by atoms with E-state index >= 15 is 0 Å². The van der Waals surface area contributed by atoms with Crippen LogP contribution in [-0.2, 0) is 11.2 Å². The fraction of sp³-hybridized carbons (Fsp3) is 0.190. The van der Waals surface area contributed by atoms with Gasteiger partial charge in [0.1, 0.15) is 0 Å². The third-order valence-corrected chi connectivity index (χ3v) is 5.00. The highest BCUT2D eigenvalue weighted by atomic mass is 35.5. The highest BCUT2D eigenvalue weighted by Gasteiger charge is 2.38. The van der Waals surface area contributed by atoms with Crippen LogP contribution >= 0.6 is 11.6 Å². The summed E-state index contributed by atoms with van der Waals surface area (Å²) in [5.74, 6) is -2.77. The summed E-state index contributed by atoms with van der Waals surface area (Å²) in [5, 5.41) is 10.7. The number of nitrogens with zero attached hydrogens (tertiary/aromatic N) is 1. The molecule has 1 aliphatic rings. The van der Waals surface area contributed by atoms with E-state index in [-0.39, 0.29) is 5.91 Å². The number of fused-ring (bicyclic) bond motifs is 1. The smallest absolute Gasteiger partial charge is 0.475 e. The molecule has 1 amide bonds. The molecule has 1 aliphatic heterocycles. The lowest BCUT2D eigenvalue weighted by molar-refractivity contribution is -0.192. The number of pyridine rings is 1. The summed E-state index contributed by atoms with van der Waals surface area (Å²) in [7, 11) is 0. The highest BCUT2D eigenvalue weighted by Crippen LogP contribution is 2.28. The number of carboxylic acids is 1. The molecule has 0 unspecified atom stereocenters. The van der Waals surface area contributed by atoms with Gasteiger partial charge in [-0.15, -0.1) is 0 Å². The second-order valence-corrected chi connectivity index (χ2v) is 7.18. The summed E-state index contributed by atoms with van der Waals surface area (Å²) < 4.78 is 31.7. The van der Waals surface area contributed by atoms with E-state index in [4.69, 9.17) is 21.5 Å². The van der Waals surface area contributed by atoms with Crippen LogP contribution in [0.2, 0.25) is 5.02 Å². The van der Waals surface area contributed by atoms with Crippen molar-refractivity contribution >= 4 is 23.5 Å². The van der Waals surface area contributed by atoms with Gasteiger partial charge in [-0.05, 0) is 42.8 Å². The zero-order valence-electron chi connectivity index (χ0n) is 16.2. The average molecular weight is 452 g/mol. The summed E-state index contributed by atoms with van der Waals surface area (Å²) >= 11 is 6.10. The van der Waals surface area contributed by atoms with Gasteiger partial charge in [-0.25, -0.2) is 4.79 Å². The summed E-state index contributed by atoms with van der Waals surface area (Å²) in [4.78, 5) is 28.7. The number of hydrogen-bond acceptors (Lipinski definition) is 3. The predicted octanol–water partition coefficient (Wildman–Crippen LogP) is 4.62. The Balaban J connectivity index is 0.000000339. The number of alkyl halides is 3. The average Bonchev–Trinajstić information content (AvgIpc) is 3.16. The number of H-pyrrole nitrogens is 1. The van der Waals surface area contributed by atoms with Crippen LogP contribution in [0.3, 0.4) is 0 Å². The molecular formula is C21H17ClF3N3O3. The van der Waals surface area contributed by atoms with Gasteiger partial charge in [-0.2, -0.15) is 13.2 Å². The van der Waals surface area contributed by atoms with Crippen LogP contribution < -0.4 is 5.32 Å². The fourth-order valence-electron chi connectivity index (χ4n) is 3.01. The molecule has 4 rings (SSSR count). The number of rotatable bonds is 2. The number of amides is 1. The van der Waals surface area contributed by atoms with Crippen LogP contribution in [0.5, 0.6) is 0 Å². The Morgan fingerprint density at radius 2 is 1.87 bits per heavy atom. The van der Waals surface area contributed by atoms with Crippen molar-refractivity contribution in [2.45, 2.75) is 19.5 Å². The molecule has 3 aromatic rings. The number of aromatic amines is 1. The molecule has 0 saturated heterocycles. The zero-order chi connectivity index (χ0) is 22.8. The minimum Gasteiger partial charge on any atom is -0.475 e. The van der Waals surface area contributed by atoms with E-state index in [2.05, 4.69) is 15.3 Å². The van der Waals surface area contributed by atoms with Gasteiger partial charge in [0.2, 0.25) is 0 Å². The largest absolute Gasteiger partial charge is 0.490 e. The van der Waals surface area contributed by atoms with Crippen molar-refractivity contribution in [3.63, 3.8) is 0 Å². The number of hydrogen-bond donors (Lipinski definition) is 3. The summed E-state index contributed by atoms with van der Waals surface area (Å²) in [6.07, 6.45) is -2.47. The van der Waals surface area contributed by atoms with Crippen molar-refractivity contribution in [2.24, 2.45) is 0 Å². The Kier molecular flexibility index (Phi) is 6.35. The Labute approximate surface area is 180 Å². The van der Waals surface area contributed by atoms with Gasteiger partial charge in [0.25, 0.3) is 5.91 Å². The number of carboxylic acid groups (broad SMARTS) is 1. The molecule has 3 heterocycles. The summed E-state index contributed by atoms with van der Waals surface area (Å²) in [5.41, 5.74) is 6.60. The zero-order valence-corrected chi connectivity index (χ0v) is 16.9. The molecule has 10 heteroatoms. The molecule has 0 bridgehead atoms. The van der Waals surface area contributed by atoms with Crippen molar-refractivity contribution in [3.05, 3.63) is 64.4 Å². The Morgan fingerprint density at radius 1 is 1.16 bits per heavy atom. The van der Waals surface area contributed by atoms with E-state index in [1.54, 1.807) is 6.20 Å². The number of benzene rings is 1. The van der Waals surface area contributed by atoms with Crippen LogP contribution in [0.1, 0.15) is 21.6 Å². The number of carbonyl (C=O) groups excluding carboxylic acids is 1. The van der Waals surface area contributed by atoms with E-state index in [9.17, 15) is 18.0 Å². The van der Waals surface area contributed by atoms with Gasteiger partial charge in [-0.3, -0.25) is 9.78 Å². The molecule has 0 spiro atoms. The molecule has 1 aromatic carbocycles. The Morgan fingerprint density at radius 3 is 2.48 bits per heavy atom. The summed E-state index contributed by atoms with van der Waals surface area (Å²) in [6.45, 7) is 2.66. The first-order valence-corrected chi connectivity index (χ1v) is 9.47. The summed E-state index contributed by atoms with van der Waals surface area (Å²) in [6, 6.07) is 11.8. The maximum absolute atomic E-state index is 11.9. The molecule has 0 aliphatic carbocycles. The first-order valence-electron chi connectivity index (χ1n) is 9.09. The Bertz CT molecular complexity index is 1140. The Hall–Kier alpha value is -3.33. The van der Waals surface area contributed by atoms with Crippen molar-refractivity contribution in [2.75, 3.05) is 6.54 Å². The first kappa shape index (κ1) is 22.4. The molecule has 6 nitrogen and oxygen atoms in total. The molecule has 0 radical (unpaired) electrons. The van der Waals surface area contributed by atoms with Gasteiger partial charge in [-0.1, -0.05) is 17.7 Å². The molecule has 0 atom stereocenters. The lowest BCUT2D eigenvalue weighted by Gasteiger charge is -2.11. The van der Waals surface area contributed by atoms with Crippen molar-refractivity contribution in [3.8, 4) is 22.5 Å². The number of aromatic nitrogens is 2. The topological polar surface area (TPSA) is 95.1 Å².